The van der Waals surface area contributed by atoms with Crippen molar-refractivity contribution < 1.29 is 14.2 Å². The lowest BCUT2D eigenvalue weighted by atomic mass is 9.94. The number of ether oxygens (including phenoxy) is 3. The van der Waals surface area contributed by atoms with Crippen LogP contribution in [0.3, 0.4) is 0 Å². The van der Waals surface area contributed by atoms with Gasteiger partial charge in [-0.2, -0.15) is 0 Å². The van der Waals surface area contributed by atoms with E-state index >= 15 is 0 Å². The summed E-state index contributed by atoms with van der Waals surface area (Å²) in [6.07, 6.45) is 0. The predicted octanol–water partition coefficient (Wildman–Crippen LogP) is 2.57. The first kappa shape index (κ1) is 13.9. The van der Waals surface area contributed by atoms with Crippen molar-refractivity contribution in [1.82, 2.24) is 4.98 Å². The molecule has 112 valence electrons. The zero-order valence-electron chi connectivity index (χ0n) is 12.5. The monoisotopic (exact) mass is 289 g/mol. The molecule has 3 rings (SSSR count). The lowest BCUT2D eigenvalue weighted by molar-refractivity contribution is 0.172. The Morgan fingerprint density at radius 2 is 1.90 bits per heavy atom. The van der Waals surface area contributed by atoms with E-state index in [2.05, 4.69) is 18.8 Å². The quantitative estimate of drug-likeness (QED) is 0.943. The number of aromatic nitrogens is 1. The number of H-pyrrole nitrogens is 1. The number of benzene rings is 1. The first-order valence-electron chi connectivity index (χ1n) is 7.09. The second-order valence-electron chi connectivity index (χ2n) is 5.48. The second kappa shape index (κ2) is 5.41. The molecule has 5 heteroatoms. The van der Waals surface area contributed by atoms with Crippen LogP contribution < -0.4 is 15.0 Å². The van der Waals surface area contributed by atoms with Crippen LogP contribution in [0.5, 0.6) is 11.5 Å². The van der Waals surface area contributed by atoms with E-state index < -0.39 is 0 Å². The number of fused-ring (bicyclic) bond motifs is 2. The van der Waals surface area contributed by atoms with Crippen LogP contribution in [0.15, 0.2) is 16.9 Å². The van der Waals surface area contributed by atoms with Gasteiger partial charge in [0.05, 0.1) is 12.1 Å². The van der Waals surface area contributed by atoms with Gasteiger partial charge in [-0.15, -0.1) is 0 Å². The maximum atomic E-state index is 12.3. The SMILES string of the molecule is COCc1c(C(C)C)c2cc3c(cc2[nH]c1=O)OCCO3. The largest absolute Gasteiger partial charge is 0.486 e. The molecule has 0 fully saturated rings. The highest BCUT2D eigenvalue weighted by molar-refractivity contribution is 5.87. The smallest absolute Gasteiger partial charge is 0.254 e. The van der Waals surface area contributed by atoms with E-state index in [-0.39, 0.29) is 11.5 Å². The first-order chi connectivity index (χ1) is 10.1. The Labute approximate surface area is 122 Å². The number of aromatic amines is 1. The van der Waals surface area contributed by atoms with Gasteiger partial charge in [-0.3, -0.25) is 4.79 Å². The predicted molar refractivity (Wildman–Crippen MR) is 80.4 cm³/mol. The molecule has 2 heterocycles. The van der Waals surface area contributed by atoms with Gasteiger partial charge in [0.25, 0.3) is 5.56 Å². The molecule has 0 saturated carbocycles. The summed E-state index contributed by atoms with van der Waals surface area (Å²) >= 11 is 0. The van der Waals surface area contributed by atoms with Crippen LogP contribution in [-0.4, -0.2) is 25.3 Å². The van der Waals surface area contributed by atoms with Gasteiger partial charge in [-0.05, 0) is 17.5 Å². The minimum Gasteiger partial charge on any atom is -0.486 e. The number of rotatable bonds is 3. The zero-order chi connectivity index (χ0) is 15.0. The Kier molecular flexibility index (Phi) is 3.59. The number of methoxy groups -OCH3 is 1. The molecule has 0 spiro atoms. The van der Waals surface area contributed by atoms with E-state index in [1.165, 1.54) is 0 Å². The van der Waals surface area contributed by atoms with Crippen molar-refractivity contribution in [3.63, 3.8) is 0 Å². The maximum absolute atomic E-state index is 12.3. The molecule has 1 aromatic carbocycles. The van der Waals surface area contributed by atoms with Gasteiger partial charge in [-0.1, -0.05) is 13.8 Å². The summed E-state index contributed by atoms with van der Waals surface area (Å²) in [7, 11) is 1.59. The van der Waals surface area contributed by atoms with Gasteiger partial charge in [0.2, 0.25) is 0 Å². The molecule has 0 aliphatic carbocycles. The lowest BCUT2D eigenvalue weighted by Crippen LogP contribution is -2.19. The molecule has 2 aromatic rings. The highest BCUT2D eigenvalue weighted by atomic mass is 16.6. The van der Waals surface area contributed by atoms with Crippen LogP contribution in [0, 0.1) is 0 Å². The molecule has 1 aliphatic rings. The minimum atomic E-state index is -0.107. The van der Waals surface area contributed by atoms with E-state index in [1.807, 2.05) is 12.1 Å². The molecule has 1 aromatic heterocycles. The van der Waals surface area contributed by atoms with E-state index in [0.29, 0.717) is 31.1 Å². The fourth-order valence-electron chi connectivity index (χ4n) is 2.84. The summed E-state index contributed by atoms with van der Waals surface area (Å²) in [6.45, 7) is 5.52. The summed E-state index contributed by atoms with van der Waals surface area (Å²) in [6, 6.07) is 3.79. The highest BCUT2D eigenvalue weighted by Crippen LogP contribution is 2.37. The summed E-state index contributed by atoms with van der Waals surface area (Å²) in [4.78, 5) is 15.2. The molecule has 0 bridgehead atoms. The number of hydrogen-bond donors (Lipinski definition) is 1. The van der Waals surface area contributed by atoms with Gasteiger partial charge in [-0.25, -0.2) is 0 Å². The van der Waals surface area contributed by atoms with E-state index in [0.717, 1.165) is 22.2 Å². The van der Waals surface area contributed by atoms with Gasteiger partial charge in [0.1, 0.15) is 13.2 Å². The summed E-state index contributed by atoms with van der Waals surface area (Å²) in [5.41, 5.74) is 2.35. The van der Waals surface area contributed by atoms with Crippen LogP contribution in [0.4, 0.5) is 0 Å². The van der Waals surface area contributed by atoms with Crippen LogP contribution in [0.1, 0.15) is 30.9 Å². The first-order valence-corrected chi connectivity index (χ1v) is 7.09. The molecule has 0 radical (unpaired) electrons. The van der Waals surface area contributed by atoms with Crippen LogP contribution in [0.25, 0.3) is 10.9 Å². The Morgan fingerprint density at radius 3 is 2.52 bits per heavy atom. The average molecular weight is 289 g/mol. The van der Waals surface area contributed by atoms with Crippen LogP contribution >= 0.6 is 0 Å². The van der Waals surface area contributed by atoms with Gasteiger partial charge < -0.3 is 19.2 Å². The topological polar surface area (TPSA) is 60.6 Å². The van der Waals surface area contributed by atoms with Crippen molar-refractivity contribution in [3.05, 3.63) is 33.6 Å². The molecule has 5 nitrogen and oxygen atoms in total. The van der Waals surface area contributed by atoms with Crippen molar-refractivity contribution in [2.75, 3.05) is 20.3 Å². The number of pyridine rings is 1. The molecule has 1 N–H and O–H groups in total. The van der Waals surface area contributed by atoms with E-state index in [4.69, 9.17) is 14.2 Å². The normalized spacial score (nSPS) is 13.9. The van der Waals surface area contributed by atoms with Gasteiger partial charge in [0, 0.05) is 24.1 Å². The highest BCUT2D eigenvalue weighted by Gasteiger charge is 2.19. The van der Waals surface area contributed by atoms with Crippen molar-refractivity contribution in [2.45, 2.75) is 26.4 Å². The Hall–Kier alpha value is -2.01. The molecular weight excluding hydrogens is 270 g/mol. The Bertz CT molecular complexity index is 733. The molecule has 0 unspecified atom stereocenters. The third-order valence-corrected chi connectivity index (χ3v) is 3.69. The van der Waals surface area contributed by atoms with Crippen molar-refractivity contribution in [3.8, 4) is 11.5 Å². The molecule has 0 amide bonds. The maximum Gasteiger partial charge on any atom is 0.254 e. The molecular formula is C16H19NO4. The molecule has 0 saturated heterocycles. The summed E-state index contributed by atoms with van der Waals surface area (Å²) < 4.78 is 16.4. The fraction of sp³-hybridized carbons (Fsp3) is 0.438. The number of nitrogens with one attached hydrogen (secondary N) is 1. The van der Waals surface area contributed by atoms with E-state index in [9.17, 15) is 4.79 Å². The van der Waals surface area contributed by atoms with Crippen LogP contribution in [0.2, 0.25) is 0 Å². The zero-order valence-corrected chi connectivity index (χ0v) is 12.5. The van der Waals surface area contributed by atoms with E-state index in [1.54, 1.807) is 7.11 Å². The standard InChI is InChI=1S/C16H19NO4/c1-9(2)15-10-6-13-14(21-5-4-20-13)7-12(10)17-16(18)11(15)8-19-3/h6-7,9H,4-5,8H2,1-3H3,(H,17,18). The Balaban J connectivity index is 2.33. The van der Waals surface area contributed by atoms with Crippen molar-refractivity contribution >= 4 is 10.9 Å². The third kappa shape index (κ3) is 2.38. The lowest BCUT2D eigenvalue weighted by Gasteiger charge is -2.21. The molecule has 0 atom stereocenters. The summed E-state index contributed by atoms with van der Waals surface area (Å²) in [5, 5.41) is 0.987. The van der Waals surface area contributed by atoms with Gasteiger partial charge >= 0.3 is 0 Å². The third-order valence-electron chi connectivity index (χ3n) is 3.69. The van der Waals surface area contributed by atoms with Crippen molar-refractivity contribution in [2.24, 2.45) is 0 Å². The second-order valence-corrected chi connectivity index (χ2v) is 5.48. The molecule has 1 aliphatic heterocycles. The Morgan fingerprint density at radius 1 is 1.24 bits per heavy atom. The van der Waals surface area contributed by atoms with Crippen LogP contribution in [-0.2, 0) is 11.3 Å². The number of hydrogen-bond acceptors (Lipinski definition) is 4. The summed E-state index contributed by atoms with van der Waals surface area (Å²) in [5.74, 6) is 1.62. The molecule has 21 heavy (non-hydrogen) atoms. The van der Waals surface area contributed by atoms with Crippen molar-refractivity contribution in [1.29, 1.82) is 0 Å². The minimum absolute atomic E-state index is 0.107. The fourth-order valence-corrected chi connectivity index (χ4v) is 2.84. The average Bonchev–Trinajstić information content (AvgIpc) is 2.46. The van der Waals surface area contributed by atoms with Gasteiger partial charge in [0.15, 0.2) is 11.5 Å².